The molecule has 10 heteroatoms. The summed E-state index contributed by atoms with van der Waals surface area (Å²) in [7, 11) is 1.46. The average molecular weight is 757 g/mol. The molecule has 0 bridgehead atoms. The van der Waals surface area contributed by atoms with Crippen LogP contribution in [-0.4, -0.2) is 74.9 Å². The highest BCUT2D eigenvalue weighted by atomic mass is 31.2. The number of unbranched alkanes of at least 4 members (excludes halogenated alkanes) is 17. The largest absolute Gasteiger partial charge is 0.472 e. The second-order valence-corrected chi connectivity index (χ2v) is 16.5. The molecule has 1 unspecified atom stereocenters. The van der Waals surface area contributed by atoms with Gasteiger partial charge in [0, 0.05) is 12.8 Å². The van der Waals surface area contributed by atoms with Gasteiger partial charge in [0.1, 0.15) is 19.8 Å². The number of carbonyl (C=O) groups is 2. The standard InChI is InChI=1S/C42H78NO8P/c1-6-8-10-12-14-16-18-19-20-21-22-23-25-27-29-31-33-35-42(45)51-40(39-50-52(46,47)49-37-36-43(3,4)5)38-48-41(44)34-32-30-28-26-24-17-15-13-11-9-7-2/h13-16,19-20,40H,6-12,17-18,21-39H2,1-5H3/p+1/b15-13-,16-14-,20-19-/t40-/m1/s1. The maximum absolute atomic E-state index is 12.7. The van der Waals surface area contributed by atoms with Crippen LogP contribution in [0.15, 0.2) is 36.5 Å². The van der Waals surface area contributed by atoms with E-state index in [0.29, 0.717) is 17.4 Å². The van der Waals surface area contributed by atoms with Crippen LogP contribution in [0.1, 0.15) is 168 Å². The number of hydrogen-bond donors (Lipinski definition) is 1. The van der Waals surface area contributed by atoms with Crippen molar-refractivity contribution in [1.82, 2.24) is 0 Å². The van der Waals surface area contributed by atoms with Crippen LogP contribution < -0.4 is 0 Å². The Hall–Kier alpha value is -1.77. The van der Waals surface area contributed by atoms with Crippen LogP contribution in [-0.2, 0) is 32.7 Å². The van der Waals surface area contributed by atoms with Gasteiger partial charge in [-0.25, -0.2) is 4.57 Å². The fourth-order valence-corrected chi connectivity index (χ4v) is 6.06. The molecule has 0 aromatic carbocycles. The number of esters is 2. The fraction of sp³-hybridized carbons (Fsp3) is 0.810. The minimum absolute atomic E-state index is 0.0283. The summed E-state index contributed by atoms with van der Waals surface area (Å²) in [5.41, 5.74) is 0. The maximum atomic E-state index is 12.7. The number of rotatable bonds is 37. The van der Waals surface area contributed by atoms with Gasteiger partial charge in [-0.1, -0.05) is 127 Å². The topological polar surface area (TPSA) is 108 Å². The van der Waals surface area contributed by atoms with Crippen LogP contribution in [0.25, 0.3) is 0 Å². The Balaban J connectivity index is 4.40. The summed E-state index contributed by atoms with van der Waals surface area (Å²) in [6.07, 6.45) is 37.6. The first kappa shape index (κ1) is 50.2. The van der Waals surface area contributed by atoms with Gasteiger partial charge < -0.3 is 18.9 Å². The van der Waals surface area contributed by atoms with Crippen LogP contribution >= 0.6 is 7.82 Å². The quantitative estimate of drug-likeness (QED) is 0.0219. The highest BCUT2D eigenvalue weighted by Gasteiger charge is 2.27. The van der Waals surface area contributed by atoms with Crippen molar-refractivity contribution in [3.63, 3.8) is 0 Å². The van der Waals surface area contributed by atoms with Crippen LogP contribution in [0.4, 0.5) is 0 Å². The van der Waals surface area contributed by atoms with E-state index < -0.39 is 26.5 Å². The zero-order valence-corrected chi connectivity index (χ0v) is 34.9. The Kier molecular flexibility index (Phi) is 33.8. The molecule has 9 nitrogen and oxygen atoms in total. The van der Waals surface area contributed by atoms with E-state index in [-0.39, 0.29) is 32.0 Å². The lowest BCUT2D eigenvalue weighted by Gasteiger charge is -2.24. The summed E-state index contributed by atoms with van der Waals surface area (Å²) in [5, 5.41) is 0. The minimum atomic E-state index is -4.37. The Labute approximate surface area is 319 Å². The lowest BCUT2D eigenvalue weighted by atomic mass is 10.1. The van der Waals surface area contributed by atoms with Crippen molar-refractivity contribution in [1.29, 1.82) is 0 Å². The van der Waals surface area contributed by atoms with E-state index in [1.54, 1.807) is 0 Å². The van der Waals surface area contributed by atoms with Crippen molar-refractivity contribution < 1.29 is 42.1 Å². The van der Waals surface area contributed by atoms with Crippen molar-refractivity contribution >= 4 is 19.8 Å². The van der Waals surface area contributed by atoms with Gasteiger partial charge in [0.15, 0.2) is 6.10 Å². The molecule has 0 amide bonds. The third-order valence-corrected chi connectivity index (χ3v) is 9.63. The first-order valence-electron chi connectivity index (χ1n) is 20.7. The second kappa shape index (κ2) is 35.0. The molecular weight excluding hydrogens is 677 g/mol. The van der Waals surface area contributed by atoms with E-state index in [9.17, 15) is 19.0 Å². The Morgan fingerprint density at radius 2 is 1.06 bits per heavy atom. The molecule has 0 radical (unpaired) electrons. The molecule has 0 aliphatic carbocycles. The third kappa shape index (κ3) is 38.0. The predicted molar refractivity (Wildman–Crippen MR) is 215 cm³/mol. The SMILES string of the molecule is CCCC/C=C\CCCCCCCC(=O)OC[C@H](COP(=O)(O)OCC[N+](C)(C)C)OC(=O)CCCCCCCCC/C=C\C/C=C\CCCCC. The molecule has 0 saturated heterocycles. The first-order valence-corrected chi connectivity index (χ1v) is 22.2. The van der Waals surface area contributed by atoms with Gasteiger partial charge in [-0.05, 0) is 64.2 Å². The van der Waals surface area contributed by atoms with E-state index in [4.69, 9.17) is 18.5 Å². The number of phosphoric ester groups is 1. The average Bonchev–Trinajstić information content (AvgIpc) is 3.09. The number of carbonyl (C=O) groups excluding carboxylic acids is 2. The summed E-state index contributed by atoms with van der Waals surface area (Å²) in [5.74, 6) is -0.821. The first-order chi connectivity index (χ1) is 25.0. The number of allylic oxidation sites excluding steroid dienone is 6. The molecule has 304 valence electrons. The van der Waals surface area contributed by atoms with Crippen molar-refractivity contribution in [3.8, 4) is 0 Å². The van der Waals surface area contributed by atoms with Gasteiger partial charge in [0.25, 0.3) is 0 Å². The summed E-state index contributed by atoms with van der Waals surface area (Å²) in [6.45, 7) is 4.33. The van der Waals surface area contributed by atoms with Crippen LogP contribution in [0.2, 0.25) is 0 Å². The lowest BCUT2D eigenvalue weighted by molar-refractivity contribution is -0.870. The molecule has 1 N–H and O–H groups in total. The van der Waals surface area contributed by atoms with Gasteiger partial charge in [-0.15, -0.1) is 0 Å². The summed E-state index contributed by atoms with van der Waals surface area (Å²) >= 11 is 0. The predicted octanol–water partition coefficient (Wildman–Crippen LogP) is 11.4. The number of likely N-dealkylation sites (N-methyl/N-ethyl adjacent to an activating group) is 1. The van der Waals surface area contributed by atoms with Crippen LogP contribution in [0.3, 0.4) is 0 Å². The summed E-state index contributed by atoms with van der Waals surface area (Å²) in [6, 6.07) is 0. The van der Waals surface area contributed by atoms with Crippen molar-refractivity contribution in [2.45, 2.75) is 174 Å². The molecule has 0 saturated carbocycles. The number of phosphoric acid groups is 1. The Bertz CT molecular complexity index is 991. The van der Waals surface area contributed by atoms with E-state index in [1.165, 1.54) is 57.8 Å². The van der Waals surface area contributed by atoms with Gasteiger partial charge in [-0.2, -0.15) is 0 Å². The van der Waals surface area contributed by atoms with Crippen LogP contribution in [0, 0.1) is 0 Å². The highest BCUT2D eigenvalue weighted by Crippen LogP contribution is 2.43. The molecule has 2 atom stereocenters. The van der Waals surface area contributed by atoms with E-state index >= 15 is 0 Å². The molecule has 0 fully saturated rings. The van der Waals surface area contributed by atoms with E-state index in [0.717, 1.165) is 77.0 Å². The summed E-state index contributed by atoms with van der Waals surface area (Å²) in [4.78, 5) is 35.2. The minimum Gasteiger partial charge on any atom is -0.462 e. The molecular formula is C42H79NO8P+. The van der Waals surface area contributed by atoms with Crippen molar-refractivity contribution in [2.75, 3.05) is 47.5 Å². The molecule has 0 heterocycles. The molecule has 52 heavy (non-hydrogen) atoms. The molecule has 0 aliphatic rings. The number of ether oxygens (including phenoxy) is 2. The molecule has 0 aromatic rings. The number of quaternary nitrogens is 1. The zero-order valence-electron chi connectivity index (χ0n) is 34.0. The van der Waals surface area contributed by atoms with Gasteiger partial charge in [-0.3, -0.25) is 18.6 Å². The van der Waals surface area contributed by atoms with Gasteiger partial charge in [0.2, 0.25) is 0 Å². The van der Waals surface area contributed by atoms with Crippen molar-refractivity contribution in [3.05, 3.63) is 36.5 Å². The lowest BCUT2D eigenvalue weighted by Crippen LogP contribution is -2.37. The molecule has 0 rings (SSSR count). The van der Waals surface area contributed by atoms with E-state index in [2.05, 4.69) is 50.3 Å². The number of nitrogens with zero attached hydrogens (tertiary/aromatic N) is 1. The highest BCUT2D eigenvalue weighted by molar-refractivity contribution is 7.47. The zero-order chi connectivity index (χ0) is 38.6. The van der Waals surface area contributed by atoms with Gasteiger partial charge in [0.05, 0.1) is 27.7 Å². The maximum Gasteiger partial charge on any atom is 0.472 e. The molecule has 0 aliphatic heterocycles. The smallest absolute Gasteiger partial charge is 0.462 e. The van der Waals surface area contributed by atoms with Crippen LogP contribution in [0.5, 0.6) is 0 Å². The fourth-order valence-electron chi connectivity index (χ4n) is 5.32. The number of hydrogen-bond acceptors (Lipinski definition) is 7. The van der Waals surface area contributed by atoms with Gasteiger partial charge >= 0.3 is 19.8 Å². The third-order valence-electron chi connectivity index (χ3n) is 8.64. The summed E-state index contributed by atoms with van der Waals surface area (Å²) < 4.78 is 34.2. The second-order valence-electron chi connectivity index (χ2n) is 15.0. The van der Waals surface area contributed by atoms with Crippen molar-refractivity contribution in [2.24, 2.45) is 0 Å². The molecule has 0 aromatic heterocycles. The monoisotopic (exact) mass is 757 g/mol. The van der Waals surface area contributed by atoms with E-state index in [1.807, 2.05) is 21.1 Å². The Morgan fingerprint density at radius 3 is 1.60 bits per heavy atom. The Morgan fingerprint density at radius 1 is 0.596 bits per heavy atom. The normalized spacial score (nSPS) is 14.0. The molecule has 0 spiro atoms.